The number of fused-ring (bicyclic) bond motifs is 1. The maximum Gasteiger partial charge on any atom is 0.349 e. The number of hydrogen-bond acceptors (Lipinski definition) is 5. The predicted molar refractivity (Wildman–Crippen MR) is 115 cm³/mol. The van der Waals surface area contributed by atoms with Gasteiger partial charge < -0.3 is 9.47 Å². The number of ether oxygens (including phenoxy) is 2. The van der Waals surface area contributed by atoms with E-state index in [9.17, 15) is 9.59 Å². The Hall–Kier alpha value is -3.38. The monoisotopic (exact) mass is 405 g/mol. The van der Waals surface area contributed by atoms with Crippen LogP contribution in [0.3, 0.4) is 0 Å². The summed E-state index contributed by atoms with van der Waals surface area (Å²) in [6.07, 6.45) is 0. The fourth-order valence-corrected chi connectivity index (χ4v) is 4.54. The van der Waals surface area contributed by atoms with Gasteiger partial charge in [0.1, 0.15) is 15.5 Å². The Labute approximate surface area is 171 Å². The minimum absolute atomic E-state index is 0.155. The van der Waals surface area contributed by atoms with Gasteiger partial charge in [0.15, 0.2) is 0 Å². The van der Waals surface area contributed by atoms with Gasteiger partial charge in [-0.05, 0) is 42.8 Å². The Morgan fingerprint density at radius 2 is 1.83 bits per heavy atom. The molecule has 2 aromatic heterocycles. The first-order valence-corrected chi connectivity index (χ1v) is 10.0. The van der Waals surface area contributed by atoms with Crippen molar-refractivity contribution in [2.24, 2.45) is 0 Å². The number of nitrogens with zero attached hydrogens (tertiary/aromatic N) is 1. The zero-order valence-corrected chi connectivity index (χ0v) is 16.9. The van der Waals surface area contributed by atoms with Gasteiger partial charge in [0.2, 0.25) is 0 Å². The lowest BCUT2D eigenvalue weighted by atomic mass is 10.0. The molecule has 0 spiro atoms. The van der Waals surface area contributed by atoms with Crippen LogP contribution in [-0.4, -0.2) is 24.3 Å². The van der Waals surface area contributed by atoms with E-state index in [1.165, 1.54) is 17.4 Å². The zero-order chi connectivity index (χ0) is 20.4. The number of carbonyl (C=O) groups is 1. The number of esters is 1. The van der Waals surface area contributed by atoms with Gasteiger partial charge in [-0.15, -0.1) is 11.3 Å². The third-order valence-electron chi connectivity index (χ3n) is 4.58. The van der Waals surface area contributed by atoms with Gasteiger partial charge in [-0.1, -0.05) is 30.3 Å². The van der Waals surface area contributed by atoms with Gasteiger partial charge in [0.05, 0.1) is 19.4 Å². The molecule has 4 rings (SSSR count). The summed E-state index contributed by atoms with van der Waals surface area (Å²) in [5.41, 5.74) is 2.17. The number of rotatable bonds is 5. The topological polar surface area (TPSA) is 57.5 Å². The molecule has 0 aliphatic carbocycles. The maximum absolute atomic E-state index is 12.8. The number of aromatic nitrogens is 1. The highest BCUT2D eigenvalue weighted by Crippen LogP contribution is 2.40. The molecule has 0 N–H and O–H groups in total. The third kappa shape index (κ3) is 3.43. The molecule has 0 aliphatic rings. The number of para-hydroxylation sites is 1. The number of carbonyl (C=O) groups excluding carboxylic acids is 1. The van der Waals surface area contributed by atoms with Crippen LogP contribution in [0.5, 0.6) is 5.75 Å². The molecule has 6 heteroatoms. The highest BCUT2D eigenvalue weighted by Gasteiger charge is 2.23. The predicted octanol–water partition coefficient (Wildman–Crippen LogP) is 4.90. The lowest BCUT2D eigenvalue weighted by molar-refractivity contribution is 0.0533. The molecule has 2 aromatic carbocycles. The van der Waals surface area contributed by atoms with Crippen LogP contribution in [0.15, 0.2) is 71.5 Å². The van der Waals surface area contributed by atoms with Crippen molar-refractivity contribution in [1.82, 2.24) is 4.57 Å². The molecule has 0 saturated heterocycles. The summed E-state index contributed by atoms with van der Waals surface area (Å²) >= 11 is 1.26. The van der Waals surface area contributed by atoms with Gasteiger partial charge in [-0.2, -0.15) is 0 Å². The summed E-state index contributed by atoms with van der Waals surface area (Å²) in [6, 6.07) is 20.2. The van der Waals surface area contributed by atoms with Crippen molar-refractivity contribution in [3.05, 3.63) is 82.0 Å². The highest BCUT2D eigenvalue weighted by molar-refractivity contribution is 7.21. The standard InChI is InChI=1S/C23H19NO4S/c1-3-28-23(26)21-20(15-8-7-11-17(14-15)27-2)18-12-13-19(25)24(22(18)29-21)16-9-5-4-6-10-16/h4-14H,3H2,1-2H3. The average Bonchev–Trinajstić information content (AvgIpc) is 3.14. The van der Waals surface area contributed by atoms with Gasteiger partial charge in [-0.25, -0.2) is 4.79 Å². The van der Waals surface area contributed by atoms with Crippen LogP contribution in [-0.2, 0) is 4.74 Å². The summed E-state index contributed by atoms with van der Waals surface area (Å²) in [5.74, 6) is 0.284. The minimum atomic E-state index is -0.404. The van der Waals surface area contributed by atoms with E-state index in [0.717, 1.165) is 22.2 Å². The molecule has 0 saturated carbocycles. The number of methoxy groups -OCH3 is 1. The lowest BCUT2D eigenvalue weighted by Crippen LogP contribution is -2.16. The van der Waals surface area contributed by atoms with Crippen LogP contribution in [0.2, 0.25) is 0 Å². The zero-order valence-electron chi connectivity index (χ0n) is 16.0. The van der Waals surface area contributed by atoms with Crippen LogP contribution in [0.1, 0.15) is 16.6 Å². The maximum atomic E-state index is 12.8. The molecule has 146 valence electrons. The summed E-state index contributed by atoms with van der Waals surface area (Å²) in [7, 11) is 1.60. The Balaban J connectivity index is 2.07. The van der Waals surface area contributed by atoms with Crippen molar-refractivity contribution < 1.29 is 14.3 Å². The van der Waals surface area contributed by atoms with Crippen LogP contribution < -0.4 is 10.3 Å². The normalized spacial score (nSPS) is 10.8. The fraction of sp³-hybridized carbons (Fsp3) is 0.130. The van der Waals surface area contributed by atoms with Crippen LogP contribution in [0, 0.1) is 0 Å². The molecule has 0 bridgehead atoms. The highest BCUT2D eigenvalue weighted by atomic mass is 32.1. The second-order valence-corrected chi connectivity index (χ2v) is 7.32. The summed E-state index contributed by atoms with van der Waals surface area (Å²) in [5, 5.41) is 0.815. The molecule has 0 aliphatic heterocycles. The SMILES string of the molecule is CCOC(=O)c1sc2c(ccc(=O)n2-c2ccccc2)c1-c1cccc(OC)c1. The Morgan fingerprint density at radius 1 is 1.03 bits per heavy atom. The first kappa shape index (κ1) is 19.0. The quantitative estimate of drug-likeness (QED) is 0.443. The van der Waals surface area contributed by atoms with E-state index in [-0.39, 0.29) is 12.2 Å². The Morgan fingerprint density at radius 3 is 2.55 bits per heavy atom. The van der Waals surface area contributed by atoms with E-state index in [2.05, 4.69) is 0 Å². The number of benzene rings is 2. The van der Waals surface area contributed by atoms with Gasteiger partial charge in [0.25, 0.3) is 5.56 Å². The molecule has 0 fully saturated rings. The molecule has 0 amide bonds. The molecule has 2 heterocycles. The summed E-state index contributed by atoms with van der Waals surface area (Å²) in [6.45, 7) is 2.05. The minimum Gasteiger partial charge on any atom is -0.497 e. The van der Waals surface area contributed by atoms with Gasteiger partial charge >= 0.3 is 5.97 Å². The number of pyridine rings is 1. The molecule has 4 aromatic rings. The molecule has 0 unspecified atom stereocenters. The van der Waals surface area contributed by atoms with Crippen molar-refractivity contribution in [3.8, 4) is 22.6 Å². The summed E-state index contributed by atoms with van der Waals surface area (Å²) < 4.78 is 12.3. The Bertz CT molecular complexity index is 1240. The smallest absolute Gasteiger partial charge is 0.349 e. The first-order valence-electron chi connectivity index (χ1n) is 9.19. The van der Waals surface area contributed by atoms with Crippen molar-refractivity contribution >= 4 is 27.5 Å². The Kier molecular flexibility index (Phi) is 5.18. The second kappa shape index (κ2) is 7.93. The van der Waals surface area contributed by atoms with E-state index < -0.39 is 5.97 Å². The van der Waals surface area contributed by atoms with E-state index in [1.54, 1.807) is 24.7 Å². The van der Waals surface area contributed by atoms with Gasteiger partial charge in [0, 0.05) is 17.0 Å². The molecule has 0 radical (unpaired) electrons. The van der Waals surface area contributed by atoms with Gasteiger partial charge in [-0.3, -0.25) is 9.36 Å². The van der Waals surface area contributed by atoms with E-state index >= 15 is 0 Å². The number of thiophene rings is 1. The molecule has 5 nitrogen and oxygen atoms in total. The largest absolute Gasteiger partial charge is 0.497 e. The second-order valence-electron chi connectivity index (χ2n) is 6.32. The van der Waals surface area contributed by atoms with Crippen LogP contribution in [0.4, 0.5) is 0 Å². The van der Waals surface area contributed by atoms with E-state index in [0.29, 0.717) is 15.5 Å². The lowest BCUT2D eigenvalue weighted by Gasteiger charge is -2.08. The molecular weight excluding hydrogens is 386 g/mol. The molecule has 29 heavy (non-hydrogen) atoms. The first-order chi connectivity index (χ1) is 14.1. The molecule has 0 atom stereocenters. The van der Waals surface area contributed by atoms with Crippen molar-refractivity contribution in [3.63, 3.8) is 0 Å². The van der Waals surface area contributed by atoms with Crippen molar-refractivity contribution in [1.29, 1.82) is 0 Å². The summed E-state index contributed by atoms with van der Waals surface area (Å²) in [4.78, 5) is 26.6. The third-order valence-corrected chi connectivity index (χ3v) is 5.75. The fourth-order valence-electron chi connectivity index (χ4n) is 3.31. The van der Waals surface area contributed by atoms with E-state index in [1.807, 2.05) is 54.6 Å². The van der Waals surface area contributed by atoms with Crippen LogP contribution >= 0.6 is 11.3 Å². The van der Waals surface area contributed by atoms with Crippen LogP contribution in [0.25, 0.3) is 27.0 Å². The number of hydrogen-bond donors (Lipinski definition) is 0. The van der Waals surface area contributed by atoms with Crippen molar-refractivity contribution in [2.45, 2.75) is 6.92 Å². The average molecular weight is 405 g/mol. The molecular formula is C23H19NO4S. The van der Waals surface area contributed by atoms with Crippen molar-refractivity contribution in [2.75, 3.05) is 13.7 Å². The van der Waals surface area contributed by atoms with E-state index in [4.69, 9.17) is 9.47 Å².